The van der Waals surface area contributed by atoms with E-state index in [1.165, 1.54) is 0 Å². The molecule has 0 spiro atoms. The van der Waals surface area contributed by atoms with Crippen molar-refractivity contribution in [2.24, 2.45) is 0 Å². The second-order valence-corrected chi connectivity index (χ2v) is 5.09. The standard InChI is InChI=1S/C12H10OSi.Na.H/c13-12(11-7-3-1-4-8-11)14-9-5-2-6-10-14;;/h1-10H;;/q;+1;-1. The molecule has 3 heteroatoms. The average Bonchev–Trinajstić information content (AvgIpc) is 2.30. The Kier molecular flexibility index (Phi) is 5.12. The topological polar surface area (TPSA) is 17.1 Å². The van der Waals surface area contributed by atoms with Crippen LogP contribution in [0.1, 0.15) is 11.8 Å². The second kappa shape index (κ2) is 6.13. The van der Waals surface area contributed by atoms with E-state index < -0.39 is 8.40 Å². The van der Waals surface area contributed by atoms with Crippen LogP contribution in [0.3, 0.4) is 0 Å². The largest absolute Gasteiger partial charge is 1.00 e. The zero-order valence-corrected chi connectivity index (χ0v) is 11.7. The monoisotopic (exact) mass is 222 g/mol. The first-order valence-corrected chi connectivity index (χ1v) is 6.18. The molecule has 0 N–H and O–H groups in total. The summed E-state index contributed by atoms with van der Waals surface area (Å²) in [4.78, 5) is 11.9. The molecule has 0 unspecified atom stereocenters. The van der Waals surface area contributed by atoms with E-state index in [1.54, 1.807) is 0 Å². The Morgan fingerprint density at radius 2 is 1.47 bits per heavy atom. The molecule has 0 atom stereocenters. The van der Waals surface area contributed by atoms with Crippen LogP contribution >= 0.6 is 0 Å². The van der Waals surface area contributed by atoms with Crippen LogP contribution in [-0.4, -0.2) is 13.8 Å². The van der Waals surface area contributed by atoms with E-state index >= 15 is 0 Å². The Labute approximate surface area is 114 Å². The molecule has 2 rings (SSSR count). The van der Waals surface area contributed by atoms with Crippen molar-refractivity contribution in [3.8, 4) is 0 Å². The minimum atomic E-state index is -1.11. The molecule has 0 aliphatic rings. The molecule has 2 aromatic rings. The smallest absolute Gasteiger partial charge is 1.00 e. The Morgan fingerprint density at radius 3 is 2.07 bits per heavy atom. The summed E-state index contributed by atoms with van der Waals surface area (Å²) in [7, 11) is -1.11. The van der Waals surface area contributed by atoms with Crippen LogP contribution in [0.2, 0.25) is 0 Å². The van der Waals surface area contributed by atoms with Crippen molar-refractivity contribution in [2.75, 3.05) is 0 Å². The van der Waals surface area contributed by atoms with Gasteiger partial charge in [-0.15, -0.1) is 0 Å². The van der Waals surface area contributed by atoms with Gasteiger partial charge in [0.2, 0.25) is 0 Å². The number of hydrogen-bond donors (Lipinski definition) is 0. The molecule has 15 heavy (non-hydrogen) atoms. The van der Waals surface area contributed by atoms with Gasteiger partial charge in [0.05, 0.1) is 0 Å². The minimum Gasteiger partial charge on any atom is -1.00 e. The Hall–Kier alpha value is -0.543. The van der Waals surface area contributed by atoms with Crippen molar-refractivity contribution in [1.29, 1.82) is 0 Å². The molecule has 0 amide bonds. The Morgan fingerprint density at radius 1 is 0.933 bits per heavy atom. The van der Waals surface area contributed by atoms with Crippen molar-refractivity contribution in [3.05, 3.63) is 65.4 Å². The van der Waals surface area contributed by atoms with Gasteiger partial charge < -0.3 is 1.43 Å². The Bertz CT molecular complexity index is 392. The molecule has 70 valence electrons. The first-order chi connectivity index (χ1) is 6.88. The van der Waals surface area contributed by atoms with Crippen LogP contribution in [0, 0.1) is 0 Å². The van der Waals surface area contributed by atoms with E-state index in [0.717, 1.165) is 5.56 Å². The fourth-order valence-corrected chi connectivity index (χ4v) is 2.90. The summed E-state index contributed by atoms with van der Waals surface area (Å²) in [5.41, 5.74) is 4.84. The van der Waals surface area contributed by atoms with Gasteiger partial charge in [0, 0.05) is 5.56 Å². The number of carbonyl (C=O) groups is 1. The average molecular weight is 222 g/mol. The maximum Gasteiger partial charge on any atom is 1.00 e. The molecular formula is C12H11NaOSi. The summed E-state index contributed by atoms with van der Waals surface area (Å²) in [6.07, 6.45) is 0. The molecular weight excluding hydrogens is 211 g/mol. The maximum absolute atomic E-state index is 11.9. The summed E-state index contributed by atoms with van der Waals surface area (Å²) in [6, 6.07) is 15.3. The molecule has 1 heterocycles. The number of carbonyl (C=O) groups excluding carboxylic acids is 1. The molecule has 1 aromatic heterocycles. The predicted molar refractivity (Wildman–Crippen MR) is 59.7 cm³/mol. The van der Waals surface area contributed by atoms with Crippen LogP contribution in [0.5, 0.6) is 0 Å². The van der Waals surface area contributed by atoms with E-state index in [0.29, 0.717) is 0 Å². The summed E-state index contributed by atoms with van der Waals surface area (Å²) < 4.78 is 0. The summed E-state index contributed by atoms with van der Waals surface area (Å²) in [5, 5.41) is 0.260. The van der Waals surface area contributed by atoms with Gasteiger partial charge in [-0.1, -0.05) is 59.9 Å². The fourth-order valence-electron chi connectivity index (χ4n) is 1.35. The van der Waals surface area contributed by atoms with Crippen molar-refractivity contribution < 1.29 is 35.8 Å². The van der Waals surface area contributed by atoms with Crippen LogP contribution in [0.25, 0.3) is 0 Å². The minimum absolute atomic E-state index is 0. The van der Waals surface area contributed by atoms with Crippen LogP contribution in [0.4, 0.5) is 0 Å². The van der Waals surface area contributed by atoms with E-state index in [-0.39, 0.29) is 36.4 Å². The van der Waals surface area contributed by atoms with E-state index in [2.05, 4.69) is 0 Å². The number of rotatable bonds is 2. The molecule has 1 nitrogen and oxygen atoms in total. The summed E-state index contributed by atoms with van der Waals surface area (Å²) in [5.74, 6) is 0. The Balaban J connectivity index is 0.00000112. The van der Waals surface area contributed by atoms with Crippen molar-refractivity contribution in [2.45, 2.75) is 0 Å². The third-order valence-electron chi connectivity index (χ3n) is 2.07. The van der Waals surface area contributed by atoms with E-state index in [4.69, 9.17) is 0 Å². The summed E-state index contributed by atoms with van der Waals surface area (Å²) >= 11 is 0. The van der Waals surface area contributed by atoms with Crippen molar-refractivity contribution in [1.82, 2.24) is 0 Å². The predicted octanol–water partition coefficient (Wildman–Crippen LogP) is -0.483. The van der Waals surface area contributed by atoms with E-state index in [1.807, 2.05) is 59.9 Å². The van der Waals surface area contributed by atoms with Gasteiger partial charge in [0.1, 0.15) is 8.40 Å². The van der Waals surface area contributed by atoms with Gasteiger partial charge in [-0.3, -0.25) is 4.79 Å². The van der Waals surface area contributed by atoms with Crippen LogP contribution < -0.4 is 29.6 Å². The van der Waals surface area contributed by atoms with E-state index in [9.17, 15) is 4.79 Å². The number of benzene rings is 1. The second-order valence-electron chi connectivity index (χ2n) is 3.06. The van der Waals surface area contributed by atoms with Crippen molar-refractivity contribution >= 4 is 13.8 Å². The molecule has 0 fully saturated rings. The van der Waals surface area contributed by atoms with Crippen LogP contribution in [0.15, 0.2) is 59.9 Å². The van der Waals surface area contributed by atoms with Gasteiger partial charge >= 0.3 is 29.6 Å². The van der Waals surface area contributed by atoms with Gasteiger partial charge in [-0.2, -0.15) is 0 Å². The molecule has 0 aliphatic heterocycles. The molecule has 0 radical (unpaired) electrons. The first-order valence-electron chi connectivity index (χ1n) is 4.53. The van der Waals surface area contributed by atoms with Gasteiger partial charge in [0.15, 0.2) is 5.41 Å². The zero-order valence-electron chi connectivity index (χ0n) is 9.68. The zero-order chi connectivity index (χ0) is 9.80. The van der Waals surface area contributed by atoms with Gasteiger partial charge in [-0.05, 0) is 0 Å². The summed E-state index contributed by atoms with van der Waals surface area (Å²) in [6.45, 7) is 0. The van der Waals surface area contributed by atoms with Gasteiger partial charge in [-0.25, -0.2) is 0 Å². The van der Waals surface area contributed by atoms with Crippen LogP contribution in [-0.2, 0) is 0 Å². The molecule has 0 bridgehead atoms. The molecule has 1 aromatic carbocycles. The molecule has 0 saturated heterocycles. The van der Waals surface area contributed by atoms with Crippen molar-refractivity contribution in [3.63, 3.8) is 0 Å². The third-order valence-corrected chi connectivity index (χ3v) is 3.99. The quantitative estimate of drug-likeness (QED) is 0.627. The number of hydrogen-bond acceptors (Lipinski definition) is 1. The first kappa shape index (κ1) is 12.5. The normalized spacial score (nSPS) is 9.07. The third kappa shape index (κ3) is 3.21. The van der Waals surface area contributed by atoms with Gasteiger partial charge in [0.25, 0.3) is 0 Å². The fraction of sp³-hybridized carbons (Fsp3) is 0. The molecule has 0 saturated carbocycles. The maximum atomic E-state index is 11.9. The SMILES string of the molecule is O=C(c1ccccc1)[si]1ccccc1.[H-].[Na+]. The molecule has 0 aliphatic carbocycles.